The molecule has 1 atom stereocenters. The molecule has 3 aromatic rings. The zero-order valence-corrected chi connectivity index (χ0v) is 15.7. The molecule has 3 heteroatoms. The van der Waals surface area contributed by atoms with E-state index in [1.807, 2.05) is 18.0 Å². The highest BCUT2D eigenvalue weighted by molar-refractivity contribution is 5.76. The molecule has 132 valence electrons. The lowest BCUT2D eigenvalue weighted by atomic mass is 10.0. The number of rotatable bonds is 2. The van der Waals surface area contributed by atoms with Crippen LogP contribution in [0.2, 0.25) is 0 Å². The average molecular weight is 348 g/mol. The molecule has 2 aromatic carbocycles. The lowest BCUT2D eigenvalue weighted by molar-refractivity contribution is -0.574. The van der Waals surface area contributed by atoms with Gasteiger partial charge in [-0.25, -0.2) is 0 Å². The smallest absolute Gasteiger partial charge is 0.218 e. The molecule has 0 amide bonds. The number of fused-ring (bicyclic) bond motifs is 1. The summed E-state index contributed by atoms with van der Waals surface area (Å²) >= 11 is 0. The van der Waals surface area contributed by atoms with Gasteiger partial charge < -0.3 is 9.80 Å². The van der Waals surface area contributed by atoms with Gasteiger partial charge in [-0.05, 0) is 44.5 Å². The lowest BCUT2D eigenvalue weighted by Crippen LogP contribution is -2.38. The normalized spacial score (nSPS) is 18.9. The van der Waals surface area contributed by atoms with Crippen LogP contribution < -0.4 is 9.47 Å². The average Bonchev–Trinajstić information content (AvgIpc) is 3.05. The number of nitrogens with zero attached hydrogens (tertiary/aromatic N) is 3. The topological polar surface area (TPSA) is 10.4 Å². The molecule has 0 N–H and O–H groups in total. The molecule has 0 aliphatic carbocycles. The predicted molar refractivity (Wildman–Crippen MR) is 109 cm³/mol. The van der Waals surface area contributed by atoms with Gasteiger partial charge in [-0.15, -0.1) is 0 Å². The molecule has 1 aliphatic heterocycles. The number of hydrogen-bond acceptors (Lipinski definition) is 2. The fourth-order valence-corrected chi connectivity index (χ4v) is 3.76. The standard InChI is InChI=1S/C23H26N3/c1-16-14-22(25-13-12-24(5)19(25)4)18(3)23(15-16)26-17(2)10-11-20-8-6-7-9-21(20)26/h6-15,19H,1-5H3/q+1/t19-/m1/s1/i5D3. The van der Waals surface area contributed by atoms with Gasteiger partial charge in [-0.3, -0.25) is 0 Å². The zero-order chi connectivity index (χ0) is 20.9. The monoisotopic (exact) mass is 347 g/mol. The van der Waals surface area contributed by atoms with Crippen molar-refractivity contribution in [3.63, 3.8) is 0 Å². The first-order valence-electron chi connectivity index (χ1n) is 10.5. The van der Waals surface area contributed by atoms with Gasteiger partial charge in [-0.2, -0.15) is 4.57 Å². The number of aromatic nitrogens is 1. The number of anilines is 1. The van der Waals surface area contributed by atoms with Crippen molar-refractivity contribution in [3.8, 4) is 5.69 Å². The van der Waals surface area contributed by atoms with E-state index in [0.717, 1.165) is 33.7 Å². The van der Waals surface area contributed by atoms with Crippen molar-refractivity contribution in [1.82, 2.24) is 4.90 Å². The van der Waals surface area contributed by atoms with E-state index in [2.05, 4.69) is 73.9 Å². The van der Waals surface area contributed by atoms with Crippen LogP contribution in [0.3, 0.4) is 0 Å². The summed E-state index contributed by atoms with van der Waals surface area (Å²) in [4.78, 5) is 3.46. The van der Waals surface area contributed by atoms with Crippen LogP contribution in [0.15, 0.2) is 60.9 Å². The minimum atomic E-state index is -2.16. The van der Waals surface area contributed by atoms with Crippen LogP contribution in [0.4, 0.5) is 5.69 Å². The van der Waals surface area contributed by atoms with E-state index >= 15 is 0 Å². The third-order valence-electron chi connectivity index (χ3n) is 5.24. The summed E-state index contributed by atoms with van der Waals surface area (Å²) in [6.45, 7) is 6.06. The molecular formula is C23H26N3+. The summed E-state index contributed by atoms with van der Waals surface area (Å²) in [7, 11) is 0. The zero-order valence-electron chi connectivity index (χ0n) is 18.7. The summed E-state index contributed by atoms with van der Waals surface area (Å²) in [6, 6.07) is 17.0. The first-order chi connectivity index (χ1) is 13.7. The largest absolute Gasteiger partial charge is 0.359 e. The number of pyridine rings is 1. The van der Waals surface area contributed by atoms with E-state index in [1.165, 1.54) is 10.3 Å². The SMILES string of the molecule is [2H]C([2H])([2H])N1C=CN(c2cc(C)cc(-[n+]3c(C)ccc4ccccc43)c2C)[C@@H]1C. The number of benzene rings is 2. The maximum absolute atomic E-state index is 7.78. The Morgan fingerprint density at radius 3 is 2.58 bits per heavy atom. The molecule has 2 heterocycles. The third kappa shape index (κ3) is 2.55. The van der Waals surface area contributed by atoms with E-state index in [4.69, 9.17) is 4.11 Å². The molecule has 26 heavy (non-hydrogen) atoms. The minimum absolute atomic E-state index is 0.283. The highest BCUT2D eigenvalue weighted by Gasteiger charge is 2.26. The Morgan fingerprint density at radius 2 is 1.81 bits per heavy atom. The second-order valence-electron chi connectivity index (χ2n) is 7.04. The van der Waals surface area contributed by atoms with E-state index in [9.17, 15) is 0 Å². The Labute approximate surface area is 160 Å². The highest BCUT2D eigenvalue weighted by atomic mass is 15.4. The van der Waals surface area contributed by atoms with E-state index in [1.54, 1.807) is 6.20 Å². The van der Waals surface area contributed by atoms with Gasteiger partial charge in [0, 0.05) is 59.6 Å². The van der Waals surface area contributed by atoms with Crippen LogP contribution >= 0.6 is 0 Å². The molecule has 0 bridgehead atoms. The molecule has 0 fully saturated rings. The highest BCUT2D eigenvalue weighted by Crippen LogP contribution is 2.31. The van der Waals surface area contributed by atoms with Crippen LogP contribution in [0.5, 0.6) is 0 Å². The molecule has 3 nitrogen and oxygen atoms in total. The minimum Gasteiger partial charge on any atom is -0.359 e. The van der Waals surface area contributed by atoms with E-state index in [-0.39, 0.29) is 6.17 Å². The molecule has 0 radical (unpaired) electrons. The molecule has 1 aromatic heterocycles. The predicted octanol–water partition coefficient (Wildman–Crippen LogP) is 4.61. The molecule has 0 saturated carbocycles. The van der Waals surface area contributed by atoms with Crippen molar-refractivity contribution < 1.29 is 8.68 Å². The second kappa shape index (κ2) is 6.17. The Balaban J connectivity index is 1.89. The van der Waals surface area contributed by atoms with Crippen molar-refractivity contribution in [2.45, 2.75) is 33.9 Å². The van der Waals surface area contributed by atoms with Gasteiger partial charge in [0.05, 0.1) is 5.69 Å². The van der Waals surface area contributed by atoms with Crippen molar-refractivity contribution in [2.75, 3.05) is 11.9 Å². The van der Waals surface area contributed by atoms with E-state index in [0.29, 0.717) is 0 Å². The van der Waals surface area contributed by atoms with Gasteiger partial charge >= 0.3 is 0 Å². The summed E-state index contributed by atoms with van der Waals surface area (Å²) in [5.41, 5.74) is 6.69. The molecule has 4 rings (SSSR count). The molecule has 0 saturated heterocycles. The number of para-hydroxylation sites is 1. The van der Waals surface area contributed by atoms with Crippen molar-refractivity contribution in [1.29, 1.82) is 0 Å². The van der Waals surface area contributed by atoms with Gasteiger partial charge in [0.2, 0.25) is 11.2 Å². The summed E-state index contributed by atoms with van der Waals surface area (Å²) in [5, 5.41) is 1.18. The summed E-state index contributed by atoms with van der Waals surface area (Å²) in [6.07, 6.45) is 3.24. The van der Waals surface area contributed by atoms with Crippen LogP contribution in [0, 0.1) is 20.8 Å². The van der Waals surface area contributed by atoms with Gasteiger partial charge in [0.25, 0.3) is 0 Å². The maximum atomic E-state index is 7.78. The lowest BCUT2D eigenvalue weighted by Gasteiger charge is -2.28. The Kier molecular flexibility index (Phi) is 3.18. The van der Waals surface area contributed by atoms with Gasteiger partial charge in [0.15, 0.2) is 5.69 Å². The first kappa shape index (κ1) is 13.4. The van der Waals surface area contributed by atoms with E-state index < -0.39 is 6.98 Å². The number of aryl methyl sites for hydroxylation is 2. The van der Waals surface area contributed by atoms with Crippen molar-refractivity contribution in [3.05, 3.63) is 77.8 Å². The fourth-order valence-electron chi connectivity index (χ4n) is 3.76. The van der Waals surface area contributed by atoms with Crippen LogP contribution in [-0.2, 0) is 0 Å². The Morgan fingerprint density at radius 1 is 1.00 bits per heavy atom. The molecule has 0 unspecified atom stereocenters. The molecule has 0 spiro atoms. The maximum Gasteiger partial charge on any atom is 0.218 e. The van der Waals surface area contributed by atoms with Crippen LogP contribution in [0.1, 0.15) is 27.9 Å². The summed E-state index contributed by atoms with van der Waals surface area (Å²) in [5.74, 6) is 0. The fraction of sp³-hybridized carbons (Fsp3) is 0.261. The van der Waals surface area contributed by atoms with Crippen molar-refractivity contribution in [2.24, 2.45) is 0 Å². The summed E-state index contributed by atoms with van der Waals surface area (Å²) < 4.78 is 25.6. The van der Waals surface area contributed by atoms with Crippen molar-refractivity contribution >= 4 is 16.6 Å². The van der Waals surface area contributed by atoms with Gasteiger partial charge in [-0.1, -0.05) is 12.1 Å². The van der Waals surface area contributed by atoms with Crippen LogP contribution in [0.25, 0.3) is 16.6 Å². The number of hydrogen-bond donors (Lipinski definition) is 0. The van der Waals surface area contributed by atoms with Gasteiger partial charge in [0.1, 0.15) is 6.17 Å². The first-order valence-corrected chi connectivity index (χ1v) is 8.95. The molecular weight excluding hydrogens is 318 g/mol. The third-order valence-corrected chi connectivity index (χ3v) is 5.24. The quantitative estimate of drug-likeness (QED) is 0.627. The molecule has 1 aliphatic rings. The second-order valence-corrected chi connectivity index (χ2v) is 7.04. The Bertz CT molecular complexity index is 1120. The Hall–Kier alpha value is -2.81. The van der Waals surface area contributed by atoms with Crippen LogP contribution in [-0.4, -0.2) is 18.0 Å².